The smallest absolute Gasteiger partial charge is 0.268 e. The van der Waals surface area contributed by atoms with E-state index in [1.54, 1.807) is 7.11 Å². The molecule has 1 aliphatic rings. The van der Waals surface area contributed by atoms with Crippen molar-refractivity contribution in [1.29, 1.82) is 0 Å². The van der Waals surface area contributed by atoms with Crippen molar-refractivity contribution < 1.29 is 9.26 Å². The van der Waals surface area contributed by atoms with Crippen molar-refractivity contribution in [3.05, 3.63) is 17.3 Å². The highest BCUT2D eigenvalue weighted by Gasteiger charge is 2.39. The average Bonchev–Trinajstić information content (AvgIpc) is 2.94. The Balaban J connectivity index is 0.00000120. The first kappa shape index (κ1) is 13.3. The fourth-order valence-corrected chi connectivity index (χ4v) is 2.62. The summed E-state index contributed by atoms with van der Waals surface area (Å²) in [5, 5.41) is 5.88. The van der Waals surface area contributed by atoms with E-state index >= 15 is 0 Å². The summed E-state index contributed by atoms with van der Waals surface area (Å²) in [6.45, 7) is 0. The highest BCUT2D eigenvalue weighted by Crippen LogP contribution is 2.38. The highest BCUT2D eigenvalue weighted by atomic mass is 35.5. The Kier molecular flexibility index (Phi) is 3.61. The van der Waals surface area contributed by atoms with Gasteiger partial charge in [0.2, 0.25) is 0 Å². The van der Waals surface area contributed by atoms with Gasteiger partial charge in [0, 0.05) is 11.4 Å². The van der Waals surface area contributed by atoms with Gasteiger partial charge in [0.1, 0.15) is 5.75 Å². The molecular formula is C11H14ClN3O2S. The lowest BCUT2D eigenvalue weighted by molar-refractivity contribution is 0.229. The summed E-state index contributed by atoms with van der Waals surface area (Å²) >= 11 is 1.51. The second-order valence-electron chi connectivity index (χ2n) is 4.28. The molecule has 0 unspecified atom stereocenters. The molecule has 0 spiro atoms. The molecule has 2 N–H and O–H groups in total. The van der Waals surface area contributed by atoms with Crippen LogP contribution in [0.5, 0.6) is 5.75 Å². The Morgan fingerprint density at radius 1 is 1.50 bits per heavy atom. The van der Waals surface area contributed by atoms with Crippen LogP contribution in [-0.4, -0.2) is 17.3 Å². The van der Waals surface area contributed by atoms with Gasteiger partial charge in [-0.2, -0.15) is 4.98 Å². The number of halogens is 1. The number of aromatic nitrogens is 2. The molecule has 18 heavy (non-hydrogen) atoms. The minimum atomic E-state index is -0.372. The van der Waals surface area contributed by atoms with Crippen LogP contribution in [0.15, 0.2) is 16.0 Å². The van der Waals surface area contributed by atoms with Crippen molar-refractivity contribution in [2.45, 2.75) is 24.8 Å². The van der Waals surface area contributed by atoms with Gasteiger partial charge in [-0.1, -0.05) is 5.16 Å². The molecule has 2 aromatic heterocycles. The Morgan fingerprint density at radius 2 is 2.28 bits per heavy atom. The summed E-state index contributed by atoms with van der Waals surface area (Å²) in [5.74, 6) is 1.94. The first-order chi connectivity index (χ1) is 8.21. The predicted octanol–water partition coefficient (Wildman–Crippen LogP) is 2.57. The van der Waals surface area contributed by atoms with E-state index in [-0.39, 0.29) is 17.9 Å². The molecule has 98 valence electrons. The van der Waals surface area contributed by atoms with Crippen molar-refractivity contribution in [1.82, 2.24) is 10.1 Å². The quantitative estimate of drug-likeness (QED) is 0.939. The molecule has 0 atom stereocenters. The van der Waals surface area contributed by atoms with E-state index in [4.69, 9.17) is 15.0 Å². The molecule has 1 aliphatic carbocycles. The fourth-order valence-electron chi connectivity index (χ4n) is 1.85. The number of rotatable bonds is 3. The molecule has 0 saturated heterocycles. The molecule has 3 rings (SSSR count). The maximum Gasteiger partial charge on any atom is 0.268 e. The molecule has 0 amide bonds. The number of methoxy groups -OCH3 is 1. The predicted molar refractivity (Wildman–Crippen MR) is 71.1 cm³/mol. The number of thiophene rings is 1. The second kappa shape index (κ2) is 4.87. The van der Waals surface area contributed by atoms with Gasteiger partial charge >= 0.3 is 0 Å². The molecule has 2 aromatic rings. The van der Waals surface area contributed by atoms with E-state index in [0.717, 1.165) is 29.9 Å². The maximum absolute atomic E-state index is 6.14. The third-order valence-corrected chi connectivity index (χ3v) is 4.04. The Morgan fingerprint density at radius 3 is 2.83 bits per heavy atom. The molecule has 1 fully saturated rings. The van der Waals surface area contributed by atoms with Gasteiger partial charge in [0.25, 0.3) is 5.89 Å². The zero-order chi connectivity index (χ0) is 11.9. The van der Waals surface area contributed by atoms with Crippen LogP contribution in [0.25, 0.3) is 10.8 Å². The topological polar surface area (TPSA) is 74.2 Å². The summed E-state index contributed by atoms with van der Waals surface area (Å²) in [6, 6.07) is 1.88. The molecule has 5 nitrogen and oxygen atoms in total. The van der Waals surface area contributed by atoms with Crippen molar-refractivity contribution in [2.24, 2.45) is 5.73 Å². The van der Waals surface area contributed by atoms with Gasteiger partial charge in [-0.05, 0) is 19.3 Å². The van der Waals surface area contributed by atoms with E-state index in [1.165, 1.54) is 11.3 Å². The summed E-state index contributed by atoms with van der Waals surface area (Å²) < 4.78 is 10.4. The van der Waals surface area contributed by atoms with E-state index in [2.05, 4.69) is 10.1 Å². The molecule has 2 heterocycles. The van der Waals surface area contributed by atoms with Gasteiger partial charge in [-0.3, -0.25) is 0 Å². The first-order valence-corrected chi connectivity index (χ1v) is 6.35. The minimum absolute atomic E-state index is 0. The molecule has 1 saturated carbocycles. The largest absolute Gasteiger partial charge is 0.496 e. The number of hydrogen-bond acceptors (Lipinski definition) is 6. The number of hydrogen-bond donors (Lipinski definition) is 1. The van der Waals surface area contributed by atoms with E-state index in [1.807, 2.05) is 11.4 Å². The van der Waals surface area contributed by atoms with Gasteiger partial charge < -0.3 is 15.0 Å². The van der Waals surface area contributed by atoms with Crippen LogP contribution in [0.4, 0.5) is 0 Å². The van der Waals surface area contributed by atoms with Crippen LogP contribution in [0.2, 0.25) is 0 Å². The van der Waals surface area contributed by atoms with Gasteiger partial charge in [-0.15, -0.1) is 23.7 Å². The summed E-state index contributed by atoms with van der Waals surface area (Å²) in [5.41, 5.74) is 5.77. The molecule has 0 aliphatic heterocycles. The Bertz CT molecular complexity index is 536. The Hall–Kier alpha value is -1.11. The van der Waals surface area contributed by atoms with Gasteiger partial charge in [0.15, 0.2) is 5.82 Å². The lowest BCUT2D eigenvalue weighted by Crippen LogP contribution is -2.44. The van der Waals surface area contributed by atoms with E-state index in [9.17, 15) is 0 Å². The minimum Gasteiger partial charge on any atom is -0.496 e. The molecular weight excluding hydrogens is 274 g/mol. The van der Waals surface area contributed by atoms with Crippen molar-refractivity contribution in [2.75, 3.05) is 7.11 Å². The molecule has 0 radical (unpaired) electrons. The monoisotopic (exact) mass is 287 g/mol. The summed E-state index contributed by atoms with van der Waals surface area (Å²) in [7, 11) is 1.63. The van der Waals surface area contributed by atoms with Crippen LogP contribution < -0.4 is 10.5 Å². The molecule has 7 heteroatoms. The molecule has 0 aromatic carbocycles. The molecule has 0 bridgehead atoms. The Labute approximate surface area is 115 Å². The summed E-state index contributed by atoms with van der Waals surface area (Å²) in [6.07, 6.45) is 2.99. The van der Waals surface area contributed by atoms with Crippen LogP contribution in [-0.2, 0) is 5.54 Å². The number of ether oxygens (including phenoxy) is 1. The fraction of sp³-hybridized carbons (Fsp3) is 0.455. The standard InChI is InChI=1S/C11H13N3O2S.ClH/c1-15-7-5-8(17-6-7)9-13-10(14-16-9)11(12)3-2-4-11;/h5-6H,2-4,12H2,1H3;1H. The van der Waals surface area contributed by atoms with Crippen molar-refractivity contribution >= 4 is 23.7 Å². The van der Waals surface area contributed by atoms with Crippen molar-refractivity contribution in [3.63, 3.8) is 0 Å². The van der Waals surface area contributed by atoms with Gasteiger partial charge in [0.05, 0.1) is 17.5 Å². The first-order valence-electron chi connectivity index (χ1n) is 5.47. The number of nitrogens with zero attached hydrogens (tertiary/aromatic N) is 2. The normalized spacial score (nSPS) is 16.8. The highest BCUT2D eigenvalue weighted by molar-refractivity contribution is 7.13. The van der Waals surface area contributed by atoms with Crippen LogP contribution in [0.3, 0.4) is 0 Å². The summed E-state index contributed by atoms with van der Waals surface area (Å²) in [4.78, 5) is 5.28. The van der Waals surface area contributed by atoms with Crippen LogP contribution >= 0.6 is 23.7 Å². The van der Waals surface area contributed by atoms with Crippen LogP contribution in [0.1, 0.15) is 25.1 Å². The van der Waals surface area contributed by atoms with Crippen LogP contribution in [0, 0.1) is 0 Å². The zero-order valence-electron chi connectivity index (χ0n) is 9.88. The van der Waals surface area contributed by atoms with Gasteiger partial charge in [-0.25, -0.2) is 0 Å². The zero-order valence-corrected chi connectivity index (χ0v) is 11.5. The van der Waals surface area contributed by atoms with E-state index in [0.29, 0.717) is 11.7 Å². The average molecular weight is 288 g/mol. The van der Waals surface area contributed by atoms with Crippen molar-refractivity contribution in [3.8, 4) is 16.5 Å². The SMILES string of the molecule is COc1csc(-c2nc(C3(N)CCC3)no2)c1.Cl. The van der Waals surface area contributed by atoms with E-state index < -0.39 is 0 Å². The number of nitrogens with two attached hydrogens (primary N) is 1. The third kappa shape index (κ3) is 2.11. The third-order valence-electron chi connectivity index (χ3n) is 3.14. The lowest BCUT2D eigenvalue weighted by atomic mass is 9.77. The lowest BCUT2D eigenvalue weighted by Gasteiger charge is -2.34. The second-order valence-corrected chi connectivity index (χ2v) is 5.19. The maximum atomic E-state index is 6.14.